The summed E-state index contributed by atoms with van der Waals surface area (Å²) in [6.07, 6.45) is 2.26. The van der Waals surface area contributed by atoms with E-state index in [-0.39, 0.29) is 0 Å². The highest BCUT2D eigenvalue weighted by molar-refractivity contribution is 5.37. The summed E-state index contributed by atoms with van der Waals surface area (Å²) in [4.78, 5) is 0. The zero-order chi connectivity index (χ0) is 13.0. The van der Waals surface area contributed by atoms with Gasteiger partial charge in [0.1, 0.15) is 0 Å². The highest BCUT2D eigenvalue weighted by Gasteiger charge is 2.37. The van der Waals surface area contributed by atoms with Crippen molar-refractivity contribution in [2.45, 2.75) is 39.7 Å². The molecular weight excluding hydrogens is 222 g/mol. The molecule has 0 bridgehead atoms. The predicted octanol–water partition coefficient (Wildman–Crippen LogP) is 3.33. The van der Waals surface area contributed by atoms with Gasteiger partial charge in [-0.05, 0) is 42.9 Å². The molecule has 0 radical (unpaired) electrons. The molecule has 0 saturated carbocycles. The average Bonchev–Trinajstić information content (AvgIpc) is 2.60. The summed E-state index contributed by atoms with van der Waals surface area (Å²) in [5.41, 5.74) is 3.30. The van der Waals surface area contributed by atoms with Gasteiger partial charge in [0, 0.05) is 19.3 Å². The van der Waals surface area contributed by atoms with Gasteiger partial charge in [0.15, 0.2) is 0 Å². The number of benzene rings is 1. The molecule has 100 valence electrons. The summed E-state index contributed by atoms with van der Waals surface area (Å²) in [6.45, 7) is 9.46. The lowest BCUT2D eigenvalue weighted by molar-refractivity contribution is 0.142. The van der Waals surface area contributed by atoms with Gasteiger partial charge in [-0.15, -0.1) is 0 Å². The maximum atomic E-state index is 5.38. The monoisotopic (exact) mass is 247 g/mol. The van der Waals surface area contributed by atoms with E-state index in [0.29, 0.717) is 11.5 Å². The van der Waals surface area contributed by atoms with Crippen LogP contribution in [0.15, 0.2) is 24.3 Å². The van der Waals surface area contributed by atoms with Crippen molar-refractivity contribution in [3.05, 3.63) is 35.4 Å². The van der Waals surface area contributed by atoms with Crippen LogP contribution in [-0.4, -0.2) is 19.8 Å². The van der Waals surface area contributed by atoms with Gasteiger partial charge in [-0.2, -0.15) is 0 Å². The van der Waals surface area contributed by atoms with Crippen LogP contribution in [0.3, 0.4) is 0 Å². The Balaban J connectivity index is 1.94. The van der Waals surface area contributed by atoms with Crippen LogP contribution in [0.5, 0.6) is 0 Å². The SMILES string of the molecule is CCOCCCNC1c2ccccc2CC1(C)C. The number of hydrogen-bond acceptors (Lipinski definition) is 2. The highest BCUT2D eigenvalue weighted by Crippen LogP contribution is 2.44. The standard InChI is InChI=1S/C16H25NO/c1-4-18-11-7-10-17-15-14-9-6-5-8-13(14)12-16(15,2)3/h5-6,8-9,15,17H,4,7,10-12H2,1-3H3. The lowest BCUT2D eigenvalue weighted by Gasteiger charge is -2.28. The summed E-state index contributed by atoms with van der Waals surface area (Å²) in [5.74, 6) is 0. The molecule has 2 heteroatoms. The third-order valence-corrected chi connectivity index (χ3v) is 3.81. The van der Waals surface area contributed by atoms with Crippen LogP contribution >= 0.6 is 0 Å². The summed E-state index contributed by atoms with van der Waals surface area (Å²) >= 11 is 0. The predicted molar refractivity (Wildman–Crippen MR) is 75.8 cm³/mol. The van der Waals surface area contributed by atoms with Crippen LogP contribution in [0.2, 0.25) is 0 Å². The zero-order valence-corrected chi connectivity index (χ0v) is 11.8. The van der Waals surface area contributed by atoms with Gasteiger partial charge in [0.25, 0.3) is 0 Å². The second-order valence-electron chi connectivity index (χ2n) is 5.80. The van der Waals surface area contributed by atoms with Gasteiger partial charge in [-0.3, -0.25) is 0 Å². The summed E-state index contributed by atoms with van der Waals surface area (Å²) in [7, 11) is 0. The molecule has 18 heavy (non-hydrogen) atoms. The van der Waals surface area contributed by atoms with E-state index in [4.69, 9.17) is 4.74 Å². The molecule has 2 nitrogen and oxygen atoms in total. The summed E-state index contributed by atoms with van der Waals surface area (Å²) < 4.78 is 5.38. The summed E-state index contributed by atoms with van der Waals surface area (Å²) in [5, 5.41) is 3.71. The van der Waals surface area contributed by atoms with Crippen molar-refractivity contribution in [3.63, 3.8) is 0 Å². The van der Waals surface area contributed by atoms with Crippen molar-refractivity contribution >= 4 is 0 Å². The van der Waals surface area contributed by atoms with Gasteiger partial charge >= 0.3 is 0 Å². The third-order valence-electron chi connectivity index (χ3n) is 3.81. The molecule has 1 aromatic rings. The first-order chi connectivity index (χ1) is 8.65. The van der Waals surface area contributed by atoms with Crippen molar-refractivity contribution in [2.75, 3.05) is 19.8 Å². The third kappa shape index (κ3) is 2.93. The van der Waals surface area contributed by atoms with Crippen molar-refractivity contribution in [3.8, 4) is 0 Å². The Labute approximate surface area is 111 Å². The quantitative estimate of drug-likeness (QED) is 0.779. The number of nitrogens with one attached hydrogen (secondary N) is 1. The molecule has 1 N–H and O–H groups in total. The molecule has 1 aliphatic rings. The van der Waals surface area contributed by atoms with Gasteiger partial charge in [0.2, 0.25) is 0 Å². The van der Waals surface area contributed by atoms with E-state index >= 15 is 0 Å². The highest BCUT2D eigenvalue weighted by atomic mass is 16.5. The van der Waals surface area contributed by atoms with E-state index in [1.165, 1.54) is 17.5 Å². The molecule has 0 fully saturated rings. The van der Waals surface area contributed by atoms with E-state index in [1.807, 2.05) is 6.92 Å². The second kappa shape index (κ2) is 5.85. The molecule has 0 aromatic heterocycles. The molecule has 2 rings (SSSR count). The molecule has 1 aromatic carbocycles. The van der Waals surface area contributed by atoms with Crippen molar-refractivity contribution in [1.82, 2.24) is 5.32 Å². The van der Waals surface area contributed by atoms with Crippen molar-refractivity contribution in [2.24, 2.45) is 5.41 Å². The van der Waals surface area contributed by atoms with Crippen LogP contribution in [0.25, 0.3) is 0 Å². The second-order valence-corrected chi connectivity index (χ2v) is 5.80. The Kier molecular flexibility index (Phi) is 4.41. The molecule has 0 saturated heterocycles. The lowest BCUT2D eigenvalue weighted by atomic mass is 9.85. The number of rotatable bonds is 6. The normalized spacial score (nSPS) is 20.9. The minimum atomic E-state index is 0.315. The van der Waals surface area contributed by atoms with E-state index in [0.717, 1.165) is 26.2 Å². The van der Waals surface area contributed by atoms with E-state index in [1.54, 1.807) is 0 Å². The molecule has 0 aliphatic heterocycles. The Morgan fingerprint density at radius 2 is 2.11 bits per heavy atom. The minimum absolute atomic E-state index is 0.315. The summed E-state index contributed by atoms with van der Waals surface area (Å²) in [6, 6.07) is 9.31. The maximum Gasteiger partial charge on any atom is 0.0477 e. The van der Waals surface area contributed by atoms with Gasteiger partial charge in [0.05, 0.1) is 0 Å². The Morgan fingerprint density at radius 3 is 2.89 bits per heavy atom. The molecular formula is C16H25NO. The first kappa shape index (κ1) is 13.6. The lowest BCUT2D eigenvalue weighted by Crippen LogP contribution is -2.32. The van der Waals surface area contributed by atoms with E-state index in [9.17, 15) is 0 Å². The van der Waals surface area contributed by atoms with Crippen LogP contribution in [-0.2, 0) is 11.2 Å². The van der Waals surface area contributed by atoms with E-state index < -0.39 is 0 Å². The fourth-order valence-electron chi connectivity index (χ4n) is 2.94. The van der Waals surface area contributed by atoms with Gasteiger partial charge < -0.3 is 10.1 Å². The van der Waals surface area contributed by atoms with E-state index in [2.05, 4.69) is 43.4 Å². The topological polar surface area (TPSA) is 21.3 Å². The number of ether oxygens (including phenoxy) is 1. The van der Waals surface area contributed by atoms with Gasteiger partial charge in [-0.25, -0.2) is 0 Å². The van der Waals surface area contributed by atoms with Crippen molar-refractivity contribution < 1.29 is 4.74 Å². The first-order valence-corrected chi connectivity index (χ1v) is 7.04. The number of fused-ring (bicyclic) bond motifs is 1. The van der Waals surface area contributed by atoms with Crippen LogP contribution in [0, 0.1) is 5.41 Å². The van der Waals surface area contributed by atoms with Crippen LogP contribution < -0.4 is 5.32 Å². The zero-order valence-electron chi connectivity index (χ0n) is 11.8. The maximum absolute atomic E-state index is 5.38. The smallest absolute Gasteiger partial charge is 0.0477 e. The first-order valence-electron chi connectivity index (χ1n) is 7.04. The Morgan fingerprint density at radius 1 is 1.33 bits per heavy atom. The molecule has 0 heterocycles. The molecule has 1 atom stereocenters. The molecule has 0 spiro atoms. The fourth-order valence-corrected chi connectivity index (χ4v) is 2.94. The van der Waals surface area contributed by atoms with Gasteiger partial charge in [-0.1, -0.05) is 38.1 Å². The van der Waals surface area contributed by atoms with Crippen molar-refractivity contribution in [1.29, 1.82) is 0 Å². The number of hydrogen-bond donors (Lipinski definition) is 1. The van der Waals surface area contributed by atoms with Crippen LogP contribution in [0.4, 0.5) is 0 Å². The Bertz CT molecular complexity index is 386. The fraction of sp³-hybridized carbons (Fsp3) is 0.625. The molecule has 1 aliphatic carbocycles. The largest absolute Gasteiger partial charge is 0.382 e. The van der Waals surface area contributed by atoms with Crippen LogP contribution in [0.1, 0.15) is 44.4 Å². The Hall–Kier alpha value is -0.860. The molecule has 0 amide bonds. The minimum Gasteiger partial charge on any atom is -0.382 e. The molecule has 1 unspecified atom stereocenters. The average molecular weight is 247 g/mol.